The van der Waals surface area contributed by atoms with Crippen LogP contribution >= 0.6 is 15.9 Å². The van der Waals surface area contributed by atoms with Crippen molar-refractivity contribution in [3.8, 4) is 0 Å². The molecular weight excluding hydrogens is 432 g/mol. The Morgan fingerprint density at radius 1 is 1.04 bits per heavy atom. The van der Waals surface area contributed by atoms with Gasteiger partial charge in [0.25, 0.3) is 0 Å². The number of rotatable bonds is 8. The van der Waals surface area contributed by atoms with E-state index in [-0.39, 0.29) is 11.9 Å². The number of alkyl halides is 1. The molecule has 0 aliphatic carbocycles. The highest BCUT2D eigenvalue weighted by Crippen LogP contribution is 2.47. The van der Waals surface area contributed by atoms with Gasteiger partial charge in [0.2, 0.25) is 11.2 Å². The van der Waals surface area contributed by atoms with Gasteiger partial charge in [-0.2, -0.15) is 0 Å². The Kier molecular flexibility index (Phi) is 7.20. The zero-order chi connectivity index (χ0) is 21.4. The third-order valence-corrected chi connectivity index (χ3v) is 5.01. The Balaban J connectivity index is 3.87. The molecule has 27 heavy (non-hydrogen) atoms. The van der Waals surface area contributed by atoms with E-state index in [9.17, 15) is 39.6 Å². The van der Waals surface area contributed by atoms with Crippen LogP contribution in [0.5, 0.6) is 0 Å². The molecule has 1 heterocycles. The summed E-state index contributed by atoms with van der Waals surface area (Å²) < 4.78 is 10.4. The van der Waals surface area contributed by atoms with E-state index in [0.717, 1.165) is 27.7 Å². The average molecular weight is 455 g/mol. The topological polar surface area (TPSA) is 168 Å². The van der Waals surface area contributed by atoms with Crippen LogP contribution in [-0.2, 0) is 28.7 Å². The van der Waals surface area contributed by atoms with Crippen LogP contribution in [0.3, 0.4) is 0 Å². The molecule has 1 aliphatic heterocycles. The number of aliphatic hydroxyl groups is 4. The van der Waals surface area contributed by atoms with E-state index in [1.807, 2.05) is 0 Å². The summed E-state index contributed by atoms with van der Waals surface area (Å²) in [4.78, 5) is 49.2. The minimum absolute atomic E-state index is 0.186. The predicted octanol–water partition coefficient (Wildman–Crippen LogP) is -1.97. The second-order valence-corrected chi connectivity index (χ2v) is 7.19. The lowest BCUT2D eigenvalue weighted by atomic mass is 9.60. The first kappa shape index (κ1) is 24.0. The van der Waals surface area contributed by atoms with Crippen molar-refractivity contribution >= 4 is 39.1 Å². The summed E-state index contributed by atoms with van der Waals surface area (Å²) in [7, 11) is 0. The lowest BCUT2D eigenvalue weighted by Gasteiger charge is -2.57. The van der Waals surface area contributed by atoms with E-state index >= 15 is 0 Å². The van der Waals surface area contributed by atoms with Crippen molar-refractivity contribution in [3.63, 3.8) is 0 Å². The highest BCUT2D eigenvalue weighted by Gasteiger charge is 2.79. The Morgan fingerprint density at radius 2 is 1.52 bits per heavy atom. The molecule has 11 heteroatoms. The number of aliphatic hydroxyl groups excluding tert-OH is 1. The minimum Gasteiger partial charge on any atom is -0.386 e. The second-order valence-electron chi connectivity index (χ2n) is 6.40. The van der Waals surface area contributed by atoms with Crippen molar-refractivity contribution in [2.24, 2.45) is 0 Å². The Morgan fingerprint density at radius 3 is 1.85 bits per heavy atom. The first-order chi connectivity index (χ1) is 12.2. The fourth-order valence-corrected chi connectivity index (χ4v) is 3.36. The number of Topliss-reactive ketones (excluding diaryl/α,β-unsaturated/α-hetero) is 4. The average Bonchev–Trinajstić information content (AvgIpc) is 2.57. The molecule has 1 unspecified atom stereocenters. The molecule has 154 valence electrons. The molecule has 0 amide bonds. The fourth-order valence-electron chi connectivity index (χ4n) is 3.17. The van der Waals surface area contributed by atoms with Gasteiger partial charge in [-0.3, -0.25) is 19.2 Å². The summed E-state index contributed by atoms with van der Waals surface area (Å²) in [5.74, 6) is -5.22. The quantitative estimate of drug-likeness (QED) is 0.302. The molecule has 4 N–H and O–H groups in total. The molecule has 1 rings (SSSR count). The smallest absolute Gasteiger partial charge is 0.213 e. The van der Waals surface area contributed by atoms with Gasteiger partial charge in [-0.15, -0.1) is 0 Å². The van der Waals surface area contributed by atoms with Gasteiger partial charge in [-0.1, -0.05) is 15.9 Å². The van der Waals surface area contributed by atoms with Crippen molar-refractivity contribution in [2.75, 3.05) is 11.9 Å². The normalized spacial score (nSPS) is 37.5. The maximum Gasteiger partial charge on any atom is 0.213 e. The molecule has 1 saturated heterocycles. The molecule has 6 atom stereocenters. The second kappa shape index (κ2) is 8.11. The zero-order valence-electron chi connectivity index (χ0n) is 15.3. The van der Waals surface area contributed by atoms with Gasteiger partial charge in [0, 0.05) is 5.33 Å². The van der Waals surface area contributed by atoms with Crippen molar-refractivity contribution in [1.82, 2.24) is 0 Å². The van der Waals surface area contributed by atoms with Gasteiger partial charge in [-0.25, -0.2) is 0 Å². The van der Waals surface area contributed by atoms with Crippen LogP contribution in [0.4, 0.5) is 0 Å². The van der Waals surface area contributed by atoms with E-state index in [2.05, 4.69) is 15.9 Å². The molecule has 0 spiro atoms. The Labute approximate surface area is 163 Å². The van der Waals surface area contributed by atoms with Crippen molar-refractivity contribution < 1.29 is 49.1 Å². The highest BCUT2D eigenvalue weighted by atomic mass is 79.9. The third kappa shape index (κ3) is 3.31. The summed E-state index contributed by atoms with van der Waals surface area (Å²) >= 11 is 3.03. The monoisotopic (exact) mass is 454 g/mol. The Hall–Kier alpha value is -1.08. The molecule has 0 aromatic rings. The van der Waals surface area contributed by atoms with Crippen molar-refractivity contribution in [2.45, 2.75) is 63.0 Å². The summed E-state index contributed by atoms with van der Waals surface area (Å²) in [5.41, 5.74) is -10.1. The maximum absolute atomic E-state index is 12.4. The van der Waals surface area contributed by atoms with Crippen LogP contribution in [0.1, 0.15) is 27.7 Å². The van der Waals surface area contributed by atoms with E-state index in [0.29, 0.717) is 0 Å². The van der Waals surface area contributed by atoms with Crippen LogP contribution in [0.25, 0.3) is 0 Å². The molecule has 0 aromatic carbocycles. The zero-order valence-corrected chi connectivity index (χ0v) is 16.8. The molecule has 0 bridgehead atoms. The number of carbonyl (C=O) groups is 4. The summed E-state index contributed by atoms with van der Waals surface area (Å²) in [5, 5.41) is 42.9. The maximum atomic E-state index is 12.4. The van der Waals surface area contributed by atoms with Gasteiger partial charge in [0.15, 0.2) is 41.1 Å². The first-order valence-corrected chi connectivity index (χ1v) is 9.11. The number of hydrogen-bond donors (Lipinski definition) is 4. The first-order valence-electron chi connectivity index (χ1n) is 7.99. The summed E-state index contributed by atoms with van der Waals surface area (Å²) in [6.07, 6.45) is -6.14. The van der Waals surface area contributed by atoms with Crippen LogP contribution in [0, 0.1) is 0 Å². The van der Waals surface area contributed by atoms with Crippen LogP contribution in [0.2, 0.25) is 0 Å². The highest BCUT2D eigenvalue weighted by molar-refractivity contribution is 9.09. The van der Waals surface area contributed by atoms with Gasteiger partial charge in [-0.05, 0) is 27.7 Å². The number of hydrogen-bond acceptors (Lipinski definition) is 10. The molecule has 1 fully saturated rings. The lowest BCUT2D eigenvalue weighted by molar-refractivity contribution is -0.358. The van der Waals surface area contributed by atoms with Gasteiger partial charge in [0.1, 0.15) is 6.10 Å². The number of carbonyl (C=O) groups excluding carboxylic acids is 4. The number of halogens is 1. The number of ether oxygens (including phenoxy) is 2. The molecule has 10 nitrogen and oxygen atoms in total. The molecule has 0 saturated carbocycles. The minimum atomic E-state index is -3.48. The largest absolute Gasteiger partial charge is 0.386 e. The summed E-state index contributed by atoms with van der Waals surface area (Å²) in [6.45, 7) is 3.07. The van der Waals surface area contributed by atoms with E-state index in [4.69, 9.17) is 9.47 Å². The predicted molar refractivity (Wildman–Crippen MR) is 92.0 cm³/mol. The van der Waals surface area contributed by atoms with Crippen molar-refractivity contribution in [3.05, 3.63) is 0 Å². The van der Waals surface area contributed by atoms with E-state index in [1.165, 1.54) is 0 Å². The summed E-state index contributed by atoms with van der Waals surface area (Å²) in [6, 6.07) is 0. The molecule has 0 aromatic heterocycles. The Bertz CT molecular complexity index is 649. The van der Waals surface area contributed by atoms with Gasteiger partial charge in [0.05, 0.1) is 6.61 Å². The van der Waals surface area contributed by atoms with Gasteiger partial charge >= 0.3 is 0 Å². The fraction of sp³-hybridized carbons (Fsp3) is 0.750. The van der Waals surface area contributed by atoms with E-state index < -0.39 is 58.4 Å². The van der Waals surface area contributed by atoms with Crippen LogP contribution in [-0.4, -0.2) is 90.8 Å². The molecular formula is C16H23BrO10. The third-order valence-electron chi connectivity index (χ3n) is 4.68. The van der Waals surface area contributed by atoms with E-state index in [1.54, 1.807) is 0 Å². The van der Waals surface area contributed by atoms with Crippen LogP contribution < -0.4 is 0 Å². The van der Waals surface area contributed by atoms with Crippen LogP contribution in [0.15, 0.2) is 0 Å². The van der Waals surface area contributed by atoms with Gasteiger partial charge < -0.3 is 29.9 Å². The SMILES string of the molecule is CC(=O)[C@]1(O)[C@@](O)(C(C)=O)[C@@H](C(=O)C(C)O)O[C@H](OCCBr)[C@@]1(O)C(C)=O. The standard InChI is InChI=1S/C16H23BrO10/c1-7(18)11(22)12-14(23,8(2)19)16(25,10(4)21)15(24,9(3)20)13(27-12)26-6-5-17/h7,12-13,18,23-25H,5-6H2,1-4H3/t7?,12-,13+,14-,15+,16+/m1/s1. The molecule has 1 aliphatic rings. The van der Waals surface area contributed by atoms with Crippen molar-refractivity contribution in [1.29, 1.82) is 0 Å². The molecule has 0 radical (unpaired) electrons. The number of ketones is 4. The lowest BCUT2D eigenvalue weighted by Crippen LogP contribution is -2.87.